The molecule has 27 heavy (non-hydrogen) atoms. The highest BCUT2D eigenvalue weighted by Gasteiger charge is 2.28. The van der Waals surface area contributed by atoms with Crippen molar-refractivity contribution in [2.75, 3.05) is 13.1 Å². The number of piperidine rings is 1. The summed E-state index contributed by atoms with van der Waals surface area (Å²) >= 11 is 6.01. The van der Waals surface area contributed by atoms with Gasteiger partial charge in [0.05, 0.1) is 5.69 Å². The van der Waals surface area contributed by atoms with E-state index in [1.807, 2.05) is 30.3 Å². The molecule has 0 saturated carbocycles. The number of aromatic amines is 1. The Kier molecular flexibility index (Phi) is 4.81. The van der Waals surface area contributed by atoms with Crippen molar-refractivity contribution in [3.8, 4) is 5.69 Å². The van der Waals surface area contributed by atoms with Crippen LogP contribution in [0.3, 0.4) is 0 Å². The van der Waals surface area contributed by atoms with Crippen LogP contribution in [0.1, 0.15) is 34.9 Å². The van der Waals surface area contributed by atoms with Crippen molar-refractivity contribution >= 4 is 17.5 Å². The maximum atomic E-state index is 12.8. The molecular weight excluding hydrogens is 364 g/mol. The number of nitrogens with one attached hydrogen (secondary N) is 1. The Bertz CT molecular complexity index is 1010. The molecule has 1 N–H and O–H groups in total. The van der Waals surface area contributed by atoms with Gasteiger partial charge in [0.1, 0.15) is 5.82 Å². The molecule has 4 rings (SSSR count). The molecule has 1 amide bonds. The molecule has 2 aromatic carbocycles. The van der Waals surface area contributed by atoms with Gasteiger partial charge >= 0.3 is 5.69 Å². The molecule has 2 heterocycles. The summed E-state index contributed by atoms with van der Waals surface area (Å²) < 4.78 is 1.37. The summed E-state index contributed by atoms with van der Waals surface area (Å²) in [5.41, 5.74) is 1.02. The van der Waals surface area contributed by atoms with Gasteiger partial charge in [0.15, 0.2) is 0 Å². The number of carbonyl (C=O) groups is 1. The zero-order valence-corrected chi connectivity index (χ0v) is 15.4. The number of hydrogen-bond donors (Lipinski definition) is 1. The summed E-state index contributed by atoms with van der Waals surface area (Å²) in [7, 11) is 0. The predicted octanol–water partition coefficient (Wildman–Crippen LogP) is 3.23. The van der Waals surface area contributed by atoms with Gasteiger partial charge in [-0.15, -0.1) is 5.10 Å². The van der Waals surface area contributed by atoms with E-state index in [1.54, 1.807) is 29.2 Å². The van der Waals surface area contributed by atoms with Gasteiger partial charge in [-0.1, -0.05) is 35.9 Å². The average molecular weight is 383 g/mol. The normalized spacial score (nSPS) is 17.1. The number of para-hydroxylation sites is 1. The largest absolute Gasteiger partial charge is 0.348 e. The molecule has 0 aliphatic carbocycles. The van der Waals surface area contributed by atoms with E-state index in [1.165, 1.54) is 4.68 Å². The van der Waals surface area contributed by atoms with Crippen molar-refractivity contribution in [3.63, 3.8) is 0 Å². The van der Waals surface area contributed by atoms with Gasteiger partial charge in [0, 0.05) is 29.6 Å². The van der Waals surface area contributed by atoms with Crippen LogP contribution < -0.4 is 5.69 Å². The maximum Gasteiger partial charge on any atom is 0.348 e. The van der Waals surface area contributed by atoms with E-state index < -0.39 is 0 Å². The van der Waals surface area contributed by atoms with Crippen molar-refractivity contribution in [3.05, 3.63) is 81.5 Å². The lowest BCUT2D eigenvalue weighted by Gasteiger charge is -2.31. The van der Waals surface area contributed by atoms with E-state index >= 15 is 0 Å². The van der Waals surface area contributed by atoms with Crippen LogP contribution in [-0.4, -0.2) is 38.7 Å². The molecule has 6 nitrogen and oxygen atoms in total. The number of amides is 1. The van der Waals surface area contributed by atoms with Crippen LogP contribution in [0.15, 0.2) is 59.4 Å². The molecule has 1 aliphatic heterocycles. The minimum Gasteiger partial charge on any atom is -0.338 e. The van der Waals surface area contributed by atoms with Crippen LogP contribution in [0.5, 0.6) is 0 Å². The Hall–Kier alpha value is -2.86. The number of halogens is 1. The van der Waals surface area contributed by atoms with Crippen molar-refractivity contribution in [1.82, 2.24) is 19.7 Å². The van der Waals surface area contributed by atoms with Gasteiger partial charge in [-0.05, 0) is 43.2 Å². The Balaban J connectivity index is 1.55. The number of H-pyrrole nitrogens is 1. The third-order valence-electron chi connectivity index (χ3n) is 4.80. The first-order chi connectivity index (χ1) is 13.1. The summed E-state index contributed by atoms with van der Waals surface area (Å²) in [6, 6.07) is 16.3. The Labute approximate surface area is 161 Å². The highest BCUT2D eigenvalue weighted by molar-refractivity contribution is 6.30. The summed E-state index contributed by atoms with van der Waals surface area (Å²) in [5, 5.41) is 5.02. The molecule has 7 heteroatoms. The molecule has 1 aliphatic rings. The van der Waals surface area contributed by atoms with Crippen LogP contribution in [0.4, 0.5) is 0 Å². The second kappa shape index (κ2) is 7.40. The van der Waals surface area contributed by atoms with Gasteiger partial charge in [0.25, 0.3) is 5.91 Å². The molecule has 138 valence electrons. The first-order valence-electron chi connectivity index (χ1n) is 8.91. The monoisotopic (exact) mass is 382 g/mol. The molecule has 1 fully saturated rings. The standard InChI is InChI=1S/C20H19ClN4O2/c21-16-8-4-6-14(12-16)19(26)24-11-5-7-15(13-24)18-22-20(27)25(23-18)17-9-2-1-3-10-17/h1-4,6,8-10,12,15H,5,7,11,13H2,(H,22,23,27). The predicted molar refractivity (Wildman–Crippen MR) is 104 cm³/mol. The summed E-state index contributed by atoms with van der Waals surface area (Å²) in [5.74, 6) is 0.569. The zero-order valence-electron chi connectivity index (χ0n) is 14.6. The molecule has 1 unspecified atom stereocenters. The van der Waals surface area contributed by atoms with Gasteiger partial charge < -0.3 is 4.90 Å². The molecule has 0 spiro atoms. The fraction of sp³-hybridized carbons (Fsp3) is 0.250. The lowest BCUT2D eigenvalue weighted by Crippen LogP contribution is -2.39. The molecule has 1 atom stereocenters. The van der Waals surface area contributed by atoms with E-state index in [0.29, 0.717) is 35.2 Å². The van der Waals surface area contributed by atoms with Crippen molar-refractivity contribution in [2.24, 2.45) is 0 Å². The number of carbonyl (C=O) groups excluding carboxylic acids is 1. The summed E-state index contributed by atoms with van der Waals surface area (Å²) in [4.78, 5) is 29.8. The Morgan fingerprint density at radius 1 is 1.15 bits per heavy atom. The highest BCUT2D eigenvalue weighted by atomic mass is 35.5. The SMILES string of the molecule is O=C(c1cccc(Cl)c1)N1CCCC(c2nn(-c3ccccc3)c(=O)[nH]2)C1. The lowest BCUT2D eigenvalue weighted by molar-refractivity contribution is 0.0704. The third-order valence-corrected chi connectivity index (χ3v) is 5.04. The van der Waals surface area contributed by atoms with Crippen LogP contribution in [0.2, 0.25) is 5.02 Å². The van der Waals surface area contributed by atoms with Crippen LogP contribution >= 0.6 is 11.6 Å². The fourth-order valence-corrected chi connectivity index (χ4v) is 3.65. The molecular formula is C20H19ClN4O2. The summed E-state index contributed by atoms with van der Waals surface area (Å²) in [6.07, 6.45) is 1.73. The molecule has 3 aromatic rings. The van der Waals surface area contributed by atoms with Crippen LogP contribution in [-0.2, 0) is 0 Å². The van der Waals surface area contributed by atoms with Crippen molar-refractivity contribution in [1.29, 1.82) is 0 Å². The lowest BCUT2D eigenvalue weighted by atomic mass is 9.97. The fourth-order valence-electron chi connectivity index (χ4n) is 3.46. The summed E-state index contributed by atoms with van der Waals surface area (Å²) in [6.45, 7) is 1.21. The molecule has 0 bridgehead atoms. The first-order valence-corrected chi connectivity index (χ1v) is 9.29. The Morgan fingerprint density at radius 3 is 2.74 bits per heavy atom. The number of rotatable bonds is 3. The molecule has 0 radical (unpaired) electrons. The smallest absolute Gasteiger partial charge is 0.338 e. The number of hydrogen-bond acceptors (Lipinski definition) is 3. The van der Waals surface area contributed by atoms with E-state index in [2.05, 4.69) is 10.1 Å². The van der Waals surface area contributed by atoms with Gasteiger partial charge in [-0.2, -0.15) is 4.68 Å². The van der Waals surface area contributed by atoms with E-state index in [-0.39, 0.29) is 17.5 Å². The van der Waals surface area contributed by atoms with Gasteiger partial charge in [0.2, 0.25) is 0 Å². The second-order valence-electron chi connectivity index (χ2n) is 6.66. The maximum absolute atomic E-state index is 12.8. The minimum atomic E-state index is -0.269. The van der Waals surface area contributed by atoms with Gasteiger partial charge in [-0.25, -0.2) is 4.79 Å². The third kappa shape index (κ3) is 3.66. The van der Waals surface area contributed by atoms with E-state index in [4.69, 9.17) is 11.6 Å². The molecule has 1 saturated heterocycles. The van der Waals surface area contributed by atoms with Gasteiger partial charge in [-0.3, -0.25) is 9.78 Å². The Morgan fingerprint density at radius 2 is 1.96 bits per heavy atom. The zero-order chi connectivity index (χ0) is 18.8. The highest BCUT2D eigenvalue weighted by Crippen LogP contribution is 2.25. The van der Waals surface area contributed by atoms with Crippen LogP contribution in [0.25, 0.3) is 5.69 Å². The van der Waals surface area contributed by atoms with E-state index in [9.17, 15) is 9.59 Å². The first kappa shape index (κ1) is 17.5. The number of aromatic nitrogens is 3. The van der Waals surface area contributed by atoms with Crippen molar-refractivity contribution < 1.29 is 4.79 Å². The quantitative estimate of drug-likeness (QED) is 0.756. The molecule has 1 aromatic heterocycles. The van der Waals surface area contributed by atoms with Crippen LogP contribution in [0, 0.1) is 0 Å². The second-order valence-corrected chi connectivity index (χ2v) is 7.10. The minimum absolute atomic E-state index is 0.000420. The number of likely N-dealkylation sites (tertiary alicyclic amines) is 1. The number of benzene rings is 2. The average Bonchev–Trinajstić information content (AvgIpc) is 3.10. The topological polar surface area (TPSA) is 71.0 Å². The van der Waals surface area contributed by atoms with E-state index in [0.717, 1.165) is 12.8 Å². The number of nitrogens with zero attached hydrogens (tertiary/aromatic N) is 3. The van der Waals surface area contributed by atoms with Crippen molar-refractivity contribution in [2.45, 2.75) is 18.8 Å².